The lowest BCUT2D eigenvalue weighted by molar-refractivity contribution is 0.0599. The molecule has 0 saturated carbocycles. The number of methoxy groups -OCH3 is 3. The van der Waals surface area contributed by atoms with Crippen LogP contribution in [-0.2, 0) is 9.16 Å². The van der Waals surface area contributed by atoms with Gasteiger partial charge in [-0.05, 0) is 30.3 Å². The number of benzene rings is 1. The van der Waals surface area contributed by atoms with Gasteiger partial charge in [0, 0.05) is 0 Å². The highest BCUT2D eigenvalue weighted by atomic mass is 28.4. The molecule has 0 aliphatic carbocycles. The van der Waals surface area contributed by atoms with E-state index in [1.54, 1.807) is 12.1 Å². The average molecular weight is 371 g/mol. The summed E-state index contributed by atoms with van der Waals surface area (Å²) in [7, 11) is 2.52. The van der Waals surface area contributed by atoms with Crippen molar-refractivity contribution in [1.29, 1.82) is 0 Å². The number of rotatable bonds is 8. The summed E-state index contributed by atoms with van der Waals surface area (Å²) in [6.45, 7) is 11.8. The molecule has 142 valence electrons. The van der Waals surface area contributed by atoms with E-state index in [9.17, 15) is 4.79 Å². The van der Waals surface area contributed by atoms with Crippen LogP contribution in [0, 0.1) is 0 Å². The van der Waals surface area contributed by atoms with E-state index in [1.165, 1.54) is 21.3 Å². The molecule has 0 bridgehead atoms. The van der Waals surface area contributed by atoms with Gasteiger partial charge >= 0.3 is 5.97 Å². The van der Waals surface area contributed by atoms with Crippen LogP contribution < -0.4 is 14.2 Å². The predicted molar refractivity (Wildman–Crippen MR) is 99.5 cm³/mol. The normalized spacial score (nSPS) is 11.8. The van der Waals surface area contributed by atoms with Crippen LogP contribution in [0.2, 0.25) is 18.1 Å². The lowest BCUT2D eigenvalue weighted by atomic mass is 10.2. The summed E-state index contributed by atoms with van der Waals surface area (Å²) < 4.78 is 27.3. The fraction of sp³-hybridized carbons (Fsp3) is 0.611. The molecule has 0 spiro atoms. The van der Waals surface area contributed by atoms with Crippen LogP contribution in [0.15, 0.2) is 12.1 Å². The molecular formula is C18H30O6Si. The van der Waals surface area contributed by atoms with Gasteiger partial charge in [-0.25, -0.2) is 4.79 Å². The number of hydrogen-bond donors (Lipinski definition) is 0. The van der Waals surface area contributed by atoms with Crippen LogP contribution in [0.5, 0.6) is 17.2 Å². The van der Waals surface area contributed by atoms with E-state index in [2.05, 4.69) is 33.9 Å². The Morgan fingerprint density at radius 1 is 1.00 bits per heavy atom. The van der Waals surface area contributed by atoms with Gasteiger partial charge < -0.3 is 23.4 Å². The summed E-state index contributed by atoms with van der Waals surface area (Å²) in [5, 5.41) is 0.143. The van der Waals surface area contributed by atoms with Gasteiger partial charge in [0.25, 0.3) is 0 Å². The Morgan fingerprint density at radius 3 is 1.92 bits per heavy atom. The standard InChI is InChI=1S/C18H30O6Si/c1-18(2,3)25(7,8)24-10-9-23-16-14(20-4)11-13(17(19)22-6)12-15(16)21-5/h11-12H,9-10H2,1-8H3. The van der Waals surface area contributed by atoms with Crippen molar-refractivity contribution in [3.05, 3.63) is 17.7 Å². The minimum absolute atomic E-state index is 0.143. The molecule has 0 N–H and O–H groups in total. The van der Waals surface area contributed by atoms with Gasteiger partial charge in [0.1, 0.15) is 6.61 Å². The Balaban J connectivity index is 2.86. The first kappa shape index (κ1) is 21.3. The zero-order chi connectivity index (χ0) is 19.3. The number of esters is 1. The summed E-state index contributed by atoms with van der Waals surface area (Å²) in [4.78, 5) is 11.7. The van der Waals surface area contributed by atoms with Crippen LogP contribution >= 0.6 is 0 Å². The molecule has 1 rings (SSSR count). The molecular weight excluding hydrogens is 340 g/mol. The number of ether oxygens (including phenoxy) is 4. The van der Waals surface area contributed by atoms with Crippen molar-refractivity contribution < 1.29 is 28.2 Å². The second-order valence-corrected chi connectivity index (χ2v) is 12.0. The smallest absolute Gasteiger partial charge is 0.338 e. The Bertz CT molecular complexity index is 567. The van der Waals surface area contributed by atoms with Crippen molar-refractivity contribution in [1.82, 2.24) is 0 Å². The maximum atomic E-state index is 11.7. The van der Waals surface area contributed by atoms with Crippen molar-refractivity contribution in [3.8, 4) is 17.2 Å². The van der Waals surface area contributed by atoms with Crippen LogP contribution in [0.25, 0.3) is 0 Å². The Labute approximate surface area is 151 Å². The summed E-state index contributed by atoms with van der Waals surface area (Å²) in [5.74, 6) is 0.792. The summed E-state index contributed by atoms with van der Waals surface area (Å²) in [5.41, 5.74) is 0.334. The maximum absolute atomic E-state index is 11.7. The first-order valence-electron chi connectivity index (χ1n) is 8.18. The van der Waals surface area contributed by atoms with E-state index >= 15 is 0 Å². The zero-order valence-electron chi connectivity index (χ0n) is 16.5. The van der Waals surface area contributed by atoms with Gasteiger partial charge in [-0.3, -0.25) is 0 Å². The molecule has 7 heteroatoms. The highest BCUT2D eigenvalue weighted by Crippen LogP contribution is 2.39. The van der Waals surface area contributed by atoms with Crippen LogP contribution in [0.4, 0.5) is 0 Å². The molecule has 0 heterocycles. The molecule has 0 unspecified atom stereocenters. The van der Waals surface area contributed by atoms with Gasteiger partial charge in [0.2, 0.25) is 5.75 Å². The first-order chi connectivity index (χ1) is 11.6. The minimum Gasteiger partial charge on any atom is -0.493 e. The van der Waals surface area contributed by atoms with Crippen molar-refractivity contribution in [2.24, 2.45) is 0 Å². The number of carbonyl (C=O) groups is 1. The van der Waals surface area contributed by atoms with Crippen LogP contribution in [0.3, 0.4) is 0 Å². The van der Waals surface area contributed by atoms with Crippen molar-refractivity contribution in [2.45, 2.75) is 38.9 Å². The Hall–Kier alpha value is -1.73. The second-order valence-electron chi connectivity index (χ2n) is 7.16. The Morgan fingerprint density at radius 2 is 1.52 bits per heavy atom. The average Bonchev–Trinajstić information content (AvgIpc) is 2.56. The monoisotopic (exact) mass is 370 g/mol. The van der Waals surface area contributed by atoms with Crippen molar-refractivity contribution >= 4 is 14.3 Å². The van der Waals surface area contributed by atoms with E-state index < -0.39 is 14.3 Å². The van der Waals surface area contributed by atoms with Crippen LogP contribution in [0.1, 0.15) is 31.1 Å². The quantitative estimate of drug-likeness (QED) is 0.393. The highest BCUT2D eigenvalue weighted by molar-refractivity contribution is 6.74. The maximum Gasteiger partial charge on any atom is 0.338 e. The third-order valence-corrected chi connectivity index (χ3v) is 9.02. The molecule has 0 fully saturated rings. The lowest BCUT2D eigenvalue weighted by Crippen LogP contribution is -2.41. The lowest BCUT2D eigenvalue weighted by Gasteiger charge is -2.36. The van der Waals surface area contributed by atoms with Crippen molar-refractivity contribution in [2.75, 3.05) is 34.5 Å². The molecule has 0 aliphatic heterocycles. The molecule has 0 amide bonds. The molecule has 6 nitrogen and oxygen atoms in total. The Kier molecular flexibility index (Phi) is 7.31. The van der Waals surface area contributed by atoms with Gasteiger partial charge in [0.15, 0.2) is 19.8 Å². The zero-order valence-corrected chi connectivity index (χ0v) is 17.5. The fourth-order valence-electron chi connectivity index (χ4n) is 1.91. The third-order valence-electron chi connectivity index (χ3n) is 4.48. The molecule has 1 aromatic rings. The largest absolute Gasteiger partial charge is 0.493 e. The van der Waals surface area contributed by atoms with E-state index in [0.717, 1.165) is 0 Å². The summed E-state index contributed by atoms with van der Waals surface area (Å²) in [6, 6.07) is 3.14. The third kappa shape index (κ3) is 5.37. The van der Waals surface area contributed by atoms with Gasteiger partial charge in [-0.1, -0.05) is 20.8 Å². The SMILES string of the molecule is COC(=O)c1cc(OC)c(OCCO[Si](C)(C)C(C)(C)C)c(OC)c1. The minimum atomic E-state index is -1.82. The summed E-state index contributed by atoms with van der Waals surface area (Å²) >= 11 is 0. The summed E-state index contributed by atoms with van der Waals surface area (Å²) in [6.07, 6.45) is 0. The topological polar surface area (TPSA) is 63.2 Å². The fourth-order valence-corrected chi connectivity index (χ4v) is 2.94. The number of carbonyl (C=O) groups excluding carboxylic acids is 1. The first-order valence-corrected chi connectivity index (χ1v) is 11.1. The van der Waals surface area contributed by atoms with E-state index in [1.807, 2.05) is 0 Å². The van der Waals surface area contributed by atoms with Crippen LogP contribution in [-0.4, -0.2) is 48.8 Å². The predicted octanol–water partition coefficient (Wildman–Crippen LogP) is 3.89. The van der Waals surface area contributed by atoms with E-state index in [0.29, 0.717) is 36.0 Å². The molecule has 0 aliphatic rings. The second kappa shape index (κ2) is 8.58. The van der Waals surface area contributed by atoms with Gasteiger partial charge in [-0.15, -0.1) is 0 Å². The molecule has 1 aromatic carbocycles. The highest BCUT2D eigenvalue weighted by Gasteiger charge is 2.37. The van der Waals surface area contributed by atoms with Gasteiger partial charge in [-0.2, -0.15) is 0 Å². The molecule has 0 radical (unpaired) electrons. The van der Waals surface area contributed by atoms with E-state index in [4.69, 9.17) is 23.4 Å². The molecule has 0 atom stereocenters. The van der Waals surface area contributed by atoms with E-state index in [-0.39, 0.29) is 5.04 Å². The molecule has 25 heavy (non-hydrogen) atoms. The number of hydrogen-bond acceptors (Lipinski definition) is 6. The molecule has 0 aromatic heterocycles. The van der Waals surface area contributed by atoms with Crippen molar-refractivity contribution in [3.63, 3.8) is 0 Å². The van der Waals surface area contributed by atoms with Gasteiger partial charge in [0.05, 0.1) is 33.5 Å². The molecule has 0 saturated heterocycles.